The number of aliphatic hydroxyl groups excluding tert-OH is 1. The molecule has 0 saturated heterocycles. The number of benzene rings is 1. The summed E-state index contributed by atoms with van der Waals surface area (Å²) in [5, 5.41) is 19.1. The van der Waals surface area contributed by atoms with Crippen LogP contribution in [0.2, 0.25) is 0 Å². The molecule has 3 rings (SSSR count). The van der Waals surface area contributed by atoms with Crippen LogP contribution in [0.5, 0.6) is 0 Å². The third-order valence-electron chi connectivity index (χ3n) is 5.82. The third kappa shape index (κ3) is 7.51. The molecule has 2 aromatic rings. The lowest BCUT2D eigenvalue weighted by atomic mass is 9.75. The molecule has 9 nitrogen and oxygen atoms in total. The van der Waals surface area contributed by atoms with Crippen molar-refractivity contribution in [2.45, 2.75) is 76.3 Å². The highest BCUT2D eigenvalue weighted by Crippen LogP contribution is 2.33. The fourth-order valence-electron chi connectivity index (χ4n) is 3.82. The van der Waals surface area contributed by atoms with Crippen molar-refractivity contribution in [1.82, 2.24) is 20.9 Å². The molecule has 1 saturated carbocycles. The van der Waals surface area contributed by atoms with Gasteiger partial charge in [0.15, 0.2) is 6.10 Å². The molecule has 3 amide bonds. The molecule has 0 bridgehead atoms. The van der Waals surface area contributed by atoms with E-state index in [9.17, 15) is 19.5 Å². The van der Waals surface area contributed by atoms with Gasteiger partial charge in [0.25, 0.3) is 5.91 Å². The van der Waals surface area contributed by atoms with Crippen molar-refractivity contribution in [3.63, 3.8) is 0 Å². The van der Waals surface area contributed by atoms with Crippen molar-refractivity contribution >= 4 is 17.9 Å². The predicted octanol–water partition coefficient (Wildman–Crippen LogP) is 2.23. The molecular formula is C26H34N4O5. The van der Waals surface area contributed by atoms with Gasteiger partial charge in [-0.2, -0.15) is 0 Å². The summed E-state index contributed by atoms with van der Waals surface area (Å²) < 4.78 is 5.33. The number of rotatable bonds is 9. The molecule has 1 fully saturated rings. The number of aromatic nitrogens is 1. The van der Waals surface area contributed by atoms with Crippen LogP contribution in [0.4, 0.5) is 4.79 Å². The molecule has 1 aliphatic carbocycles. The van der Waals surface area contributed by atoms with E-state index < -0.39 is 41.2 Å². The second-order valence-electron chi connectivity index (χ2n) is 9.82. The molecule has 9 heteroatoms. The molecule has 0 radical (unpaired) electrons. The van der Waals surface area contributed by atoms with Gasteiger partial charge in [0.2, 0.25) is 5.91 Å². The van der Waals surface area contributed by atoms with Gasteiger partial charge >= 0.3 is 6.09 Å². The Morgan fingerprint density at radius 2 is 1.77 bits per heavy atom. The second-order valence-corrected chi connectivity index (χ2v) is 9.82. The lowest BCUT2D eigenvalue weighted by Crippen LogP contribution is -2.66. The average molecular weight is 483 g/mol. The summed E-state index contributed by atoms with van der Waals surface area (Å²) in [5.41, 5.74) is -0.353. The molecule has 0 spiro atoms. The zero-order chi connectivity index (χ0) is 25.5. The monoisotopic (exact) mass is 482 g/mol. The van der Waals surface area contributed by atoms with Gasteiger partial charge in [-0.3, -0.25) is 14.6 Å². The van der Waals surface area contributed by atoms with Crippen molar-refractivity contribution in [2.24, 2.45) is 0 Å². The van der Waals surface area contributed by atoms with Crippen molar-refractivity contribution in [3.05, 3.63) is 66.0 Å². The van der Waals surface area contributed by atoms with Gasteiger partial charge in [-0.1, -0.05) is 36.4 Å². The topological polar surface area (TPSA) is 130 Å². The van der Waals surface area contributed by atoms with E-state index in [0.29, 0.717) is 18.5 Å². The van der Waals surface area contributed by atoms with E-state index in [1.165, 1.54) is 0 Å². The number of carbonyl (C=O) groups is 3. The Morgan fingerprint density at radius 3 is 2.34 bits per heavy atom. The maximum absolute atomic E-state index is 13.3. The van der Waals surface area contributed by atoms with Crippen LogP contribution in [-0.2, 0) is 27.3 Å². The van der Waals surface area contributed by atoms with E-state index in [4.69, 9.17) is 4.74 Å². The highest BCUT2D eigenvalue weighted by atomic mass is 16.6. The fourth-order valence-corrected chi connectivity index (χ4v) is 3.82. The van der Waals surface area contributed by atoms with E-state index in [-0.39, 0.29) is 13.0 Å². The summed E-state index contributed by atoms with van der Waals surface area (Å²) in [5.74, 6) is -1.08. The normalized spacial score (nSPS) is 16.2. The molecule has 188 valence electrons. The SMILES string of the molecule is CC(C)(C)OC(=O)NC1(C(=O)N[C@H](Cc2ccccc2)[C@H](O)C(=O)NCc2ccccn2)CCC1. The number of nitrogens with zero attached hydrogens (tertiary/aromatic N) is 1. The molecule has 4 N–H and O–H groups in total. The zero-order valence-corrected chi connectivity index (χ0v) is 20.4. The van der Waals surface area contributed by atoms with Gasteiger partial charge < -0.3 is 25.8 Å². The second kappa shape index (κ2) is 11.3. The van der Waals surface area contributed by atoms with Gasteiger partial charge in [0.1, 0.15) is 11.1 Å². The number of hydrogen-bond acceptors (Lipinski definition) is 6. The standard InChI is InChI=1S/C26H34N4O5/c1-25(2,3)35-24(34)30-26(13-9-14-26)23(33)29-20(16-18-10-5-4-6-11-18)21(31)22(32)28-17-19-12-7-8-15-27-19/h4-8,10-12,15,20-21,31H,9,13-14,16-17H2,1-3H3,(H,28,32)(H,29,33)(H,30,34)/t20-,21+/m1/s1. The van der Waals surface area contributed by atoms with Crippen molar-refractivity contribution in [3.8, 4) is 0 Å². The Balaban J connectivity index is 1.71. The predicted molar refractivity (Wildman–Crippen MR) is 130 cm³/mol. The highest BCUT2D eigenvalue weighted by molar-refractivity contribution is 5.92. The number of pyridine rings is 1. The lowest BCUT2D eigenvalue weighted by Gasteiger charge is -2.42. The number of amides is 3. The lowest BCUT2D eigenvalue weighted by molar-refractivity contribution is -0.136. The minimum Gasteiger partial charge on any atom is -0.444 e. The molecule has 0 unspecified atom stereocenters. The first-order chi connectivity index (χ1) is 16.6. The van der Waals surface area contributed by atoms with Crippen molar-refractivity contribution in [2.75, 3.05) is 0 Å². The highest BCUT2D eigenvalue weighted by Gasteiger charge is 2.47. The van der Waals surface area contributed by atoms with Crippen LogP contribution in [-0.4, -0.2) is 51.3 Å². The van der Waals surface area contributed by atoms with Gasteiger partial charge in [0, 0.05) is 6.20 Å². The Bertz CT molecular complexity index is 1000. The number of hydrogen-bond donors (Lipinski definition) is 4. The van der Waals surface area contributed by atoms with Gasteiger partial charge in [-0.05, 0) is 64.2 Å². The Hall–Kier alpha value is -3.46. The van der Waals surface area contributed by atoms with E-state index >= 15 is 0 Å². The average Bonchev–Trinajstić information content (AvgIpc) is 2.79. The maximum Gasteiger partial charge on any atom is 0.408 e. The van der Waals surface area contributed by atoms with Crippen LogP contribution in [0.15, 0.2) is 54.7 Å². The van der Waals surface area contributed by atoms with Crippen molar-refractivity contribution < 1.29 is 24.2 Å². The first-order valence-electron chi connectivity index (χ1n) is 11.8. The molecule has 1 aliphatic rings. The van der Waals surface area contributed by atoms with Crippen LogP contribution < -0.4 is 16.0 Å². The Morgan fingerprint density at radius 1 is 1.09 bits per heavy atom. The first kappa shape index (κ1) is 26.2. The number of aliphatic hydroxyl groups is 1. The van der Waals surface area contributed by atoms with Crippen molar-refractivity contribution in [1.29, 1.82) is 0 Å². The minimum absolute atomic E-state index is 0.146. The summed E-state index contributed by atoms with van der Waals surface area (Å²) in [6.07, 6.45) is 1.30. The molecule has 1 aromatic heterocycles. The smallest absolute Gasteiger partial charge is 0.408 e. The van der Waals surface area contributed by atoms with Gasteiger partial charge in [0.05, 0.1) is 18.3 Å². The van der Waals surface area contributed by atoms with Gasteiger partial charge in [-0.15, -0.1) is 0 Å². The number of carbonyl (C=O) groups excluding carboxylic acids is 3. The summed E-state index contributed by atoms with van der Waals surface area (Å²) in [4.78, 5) is 42.6. The number of nitrogens with one attached hydrogen (secondary N) is 3. The zero-order valence-electron chi connectivity index (χ0n) is 20.4. The quantitative estimate of drug-likeness (QED) is 0.434. The van der Waals surface area contributed by atoms with E-state index in [1.807, 2.05) is 30.3 Å². The molecule has 0 aliphatic heterocycles. The van der Waals surface area contributed by atoms with Crippen LogP contribution in [0.25, 0.3) is 0 Å². The van der Waals surface area contributed by atoms with Gasteiger partial charge in [-0.25, -0.2) is 4.79 Å². The molecular weight excluding hydrogens is 448 g/mol. The van der Waals surface area contributed by atoms with Crippen LogP contribution >= 0.6 is 0 Å². The number of ether oxygens (including phenoxy) is 1. The van der Waals surface area contributed by atoms with E-state index in [1.54, 1.807) is 45.2 Å². The van der Waals surface area contributed by atoms with Crippen LogP contribution in [0, 0.1) is 0 Å². The van der Waals surface area contributed by atoms with Crippen LogP contribution in [0.3, 0.4) is 0 Å². The summed E-state index contributed by atoms with van der Waals surface area (Å²) in [7, 11) is 0. The summed E-state index contributed by atoms with van der Waals surface area (Å²) in [6.45, 7) is 5.38. The molecule has 35 heavy (non-hydrogen) atoms. The minimum atomic E-state index is -1.51. The Kier molecular flexibility index (Phi) is 8.45. The molecule has 1 aromatic carbocycles. The molecule has 2 atom stereocenters. The van der Waals surface area contributed by atoms with E-state index in [2.05, 4.69) is 20.9 Å². The van der Waals surface area contributed by atoms with Crippen LogP contribution in [0.1, 0.15) is 51.3 Å². The first-order valence-corrected chi connectivity index (χ1v) is 11.8. The van der Waals surface area contributed by atoms with E-state index in [0.717, 1.165) is 12.0 Å². The number of alkyl carbamates (subject to hydrolysis) is 1. The molecule has 1 heterocycles. The fraction of sp³-hybridized carbons (Fsp3) is 0.462. The largest absolute Gasteiger partial charge is 0.444 e. The summed E-state index contributed by atoms with van der Waals surface area (Å²) >= 11 is 0. The third-order valence-corrected chi connectivity index (χ3v) is 5.82. The summed E-state index contributed by atoms with van der Waals surface area (Å²) in [6, 6.07) is 13.7. The maximum atomic E-state index is 13.3. The Labute approximate surface area is 205 Å².